The Balaban J connectivity index is 1.92. The number of hydrogen-bond acceptors (Lipinski definition) is 4. The molecule has 1 aliphatic carbocycles. The summed E-state index contributed by atoms with van der Waals surface area (Å²) in [4.78, 5) is 16.4. The predicted molar refractivity (Wildman–Crippen MR) is 122 cm³/mol. The molecule has 4 bridgehead atoms. The second kappa shape index (κ2) is 8.84. The minimum absolute atomic E-state index is 0.00721. The Labute approximate surface area is 182 Å². The van der Waals surface area contributed by atoms with Crippen LogP contribution in [0.1, 0.15) is 56.6 Å². The van der Waals surface area contributed by atoms with Crippen LogP contribution in [0.4, 0.5) is 0 Å². The van der Waals surface area contributed by atoms with Crippen molar-refractivity contribution in [3.8, 4) is 0 Å². The molecule has 0 amide bonds. The summed E-state index contributed by atoms with van der Waals surface area (Å²) in [5, 5.41) is 3.34. The molecular formula is C26H38N2O2. The van der Waals surface area contributed by atoms with Gasteiger partial charge in [0, 0.05) is 19.1 Å². The zero-order chi connectivity index (χ0) is 21.3. The minimum atomic E-state index is -0.488. The van der Waals surface area contributed by atoms with E-state index < -0.39 is 5.41 Å². The van der Waals surface area contributed by atoms with Gasteiger partial charge in [0.1, 0.15) is 5.41 Å². The van der Waals surface area contributed by atoms with E-state index in [1.807, 2.05) is 7.05 Å². The Morgan fingerprint density at radius 1 is 1.33 bits per heavy atom. The molecule has 30 heavy (non-hydrogen) atoms. The summed E-state index contributed by atoms with van der Waals surface area (Å²) >= 11 is 0. The van der Waals surface area contributed by atoms with Gasteiger partial charge in [-0.05, 0) is 86.7 Å². The Bertz CT molecular complexity index is 817. The first-order chi connectivity index (χ1) is 14.6. The molecule has 2 saturated heterocycles. The van der Waals surface area contributed by atoms with Crippen LogP contribution in [0.3, 0.4) is 0 Å². The third-order valence-electron chi connectivity index (χ3n) is 7.92. The largest absolute Gasteiger partial charge is 0.468 e. The van der Waals surface area contributed by atoms with Crippen molar-refractivity contribution in [3.63, 3.8) is 0 Å². The maximum Gasteiger partial charge on any atom is 0.317 e. The quantitative estimate of drug-likeness (QED) is 0.675. The first-order valence-corrected chi connectivity index (χ1v) is 11.8. The smallest absolute Gasteiger partial charge is 0.317 e. The van der Waals surface area contributed by atoms with E-state index in [0.29, 0.717) is 11.8 Å². The Kier molecular flexibility index (Phi) is 6.36. The molecule has 4 aliphatic rings. The molecule has 5 rings (SSSR count). The zero-order valence-corrected chi connectivity index (χ0v) is 19.2. The standard InChI is InChI=1S/C26H38N2O2/c1-5-8-23-22(21-10-7-6-9-18(21)2)12-14-28-17-19-15-20(11-13-27-3)24(28)26(23,16-19)25(29)30-4/h6-7,9-10,19-20,24,27H,5,8,11-17H2,1-4H3. The SMILES string of the molecule is CCCC1=C(c2ccccc2C)CCN2CC3CC(CCNC)C2C1(C(=O)OC)C3. The molecule has 5 unspecified atom stereocenters. The fraction of sp³-hybridized carbons (Fsp3) is 0.654. The van der Waals surface area contributed by atoms with Gasteiger partial charge in [-0.3, -0.25) is 9.69 Å². The molecular weight excluding hydrogens is 372 g/mol. The number of piperidine rings is 2. The van der Waals surface area contributed by atoms with E-state index >= 15 is 0 Å². The second-order valence-electron chi connectivity index (χ2n) is 9.63. The number of nitrogens with one attached hydrogen (secondary N) is 1. The number of benzene rings is 1. The lowest BCUT2D eigenvalue weighted by molar-refractivity contribution is -0.169. The molecule has 164 valence electrons. The number of ether oxygens (including phenoxy) is 1. The number of aryl methyl sites for hydroxylation is 1. The molecule has 0 radical (unpaired) electrons. The van der Waals surface area contributed by atoms with Gasteiger partial charge >= 0.3 is 5.97 Å². The summed E-state index contributed by atoms with van der Waals surface area (Å²) in [7, 11) is 3.62. The number of esters is 1. The lowest BCUT2D eigenvalue weighted by atomic mass is 9.54. The highest BCUT2D eigenvalue weighted by Gasteiger charge is 2.62. The Morgan fingerprint density at radius 2 is 2.13 bits per heavy atom. The lowest BCUT2D eigenvalue weighted by Crippen LogP contribution is -2.66. The van der Waals surface area contributed by atoms with Crippen molar-refractivity contribution in [2.75, 3.05) is 33.8 Å². The monoisotopic (exact) mass is 410 g/mol. The normalized spacial score (nSPS) is 32.8. The third kappa shape index (κ3) is 3.42. The van der Waals surface area contributed by atoms with Crippen molar-refractivity contribution in [1.82, 2.24) is 10.2 Å². The van der Waals surface area contributed by atoms with E-state index in [1.165, 1.54) is 28.7 Å². The summed E-state index contributed by atoms with van der Waals surface area (Å²) in [6, 6.07) is 8.99. The van der Waals surface area contributed by atoms with Crippen LogP contribution >= 0.6 is 0 Å². The highest BCUT2D eigenvalue weighted by Crippen LogP contribution is 2.59. The van der Waals surface area contributed by atoms with Gasteiger partial charge < -0.3 is 10.1 Å². The molecule has 1 N–H and O–H groups in total. The van der Waals surface area contributed by atoms with E-state index in [1.54, 1.807) is 7.11 Å². The van der Waals surface area contributed by atoms with E-state index in [0.717, 1.165) is 51.7 Å². The maximum absolute atomic E-state index is 13.7. The Morgan fingerprint density at radius 3 is 2.83 bits per heavy atom. The van der Waals surface area contributed by atoms with Gasteiger partial charge in [-0.15, -0.1) is 0 Å². The van der Waals surface area contributed by atoms with Gasteiger partial charge in [-0.1, -0.05) is 37.6 Å². The summed E-state index contributed by atoms with van der Waals surface area (Å²) in [6.07, 6.45) is 6.41. The van der Waals surface area contributed by atoms with Crippen LogP contribution < -0.4 is 5.32 Å². The number of carbonyl (C=O) groups excluding carboxylic acids is 1. The molecule has 3 fully saturated rings. The zero-order valence-electron chi connectivity index (χ0n) is 19.2. The number of fused-ring (bicyclic) bond motifs is 1. The summed E-state index contributed by atoms with van der Waals surface area (Å²) < 4.78 is 5.60. The summed E-state index contributed by atoms with van der Waals surface area (Å²) in [5.74, 6) is 1.14. The second-order valence-corrected chi connectivity index (χ2v) is 9.63. The topological polar surface area (TPSA) is 41.6 Å². The van der Waals surface area contributed by atoms with Crippen LogP contribution in [-0.4, -0.2) is 50.7 Å². The molecule has 1 aromatic carbocycles. The first kappa shape index (κ1) is 21.6. The summed E-state index contributed by atoms with van der Waals surface area (Å²) in [6.45, 7) is 7.65. The fourth-order valence-corrected chi connectivity index (χ4v) is 6.97. The van der Waals surface area contributed by atoms with Gasteiger partial charge in [0.25, 0.3) is 0 Å². The number of hydrogen-bond donors (Lipinski definition) is 1. The van der Waals surface area contributed by atoms with Gasteiger partial charge in [-0.25, -0.2) is 0 Å². The van der Waals surface area contributed by atoms with E-state index in [4.69, 9.17) is 4.74 Å². The molecule has 3 aliphatic heterocycles. The van der Waals surface area contributed by atoms with Crippen LogP contribution in [0.25, 0.3) is 5.57 Å². The van der Waals surface area contributed by atoms with Crippen molar-refractivity contribution in [1.29, 1.82) is 0 Å². The van der Waals surface area contributed by atoms with E-state index in [9.17, 15) is 4.79 Å². The maximum atomic E-state index is 13.7. The molecule has 1 aromatic rings. The highest BCUT2D eigenvalue weighted by atomic mass is 16.5. The van der Waals surface area contributed by atoms with Crippen molar-refractivity contribution < 1.29 is 9.53 Å². The van der Waals surface area contributed by atoms with Gasteiger partial charge in [0.05, 0.1) is 7.11 Å². The third-order valence-corrected chi connectivity index (χ3v) is 7.92. The van der Waals surface area contributed by atoms with Gasteiger partial charge in [0.15, 0.2) is 0 Å². The minimum Gasteiger partial charge on any atom is -0.468 e. The van der Waals surface area contributed by atoms with Crippen LogP contribution in [0, 0.1) is 24.2 Å². The molecule has 0 spiro atoms. The molecule has 4 nitrogen and oxygen atoms in total. The van der Waals surface area contributed by atoms with Crippen molar-refractivity contribution >= 4 is 11.5 Å². The van der Waals surface area contributed by atoms with Crippen molar-refractivity contribution in [3.05, 3.63) is 41.0 Å². The van der Waals surface area contributed by atoms with Crippen molar-refractivity contribution in [2.45, 2.75) is 58.4 Å². The summed E-state index contributed by atoms with van der Waals surface area (Å²) in [5.41, 5.74) is 4.96. The average molecular weight is 411 g/mol. The van der Waals surface area contributed by atoms with Crippen LogP contribution in [0.15, 0.2) is 29.8 Å². The van der Waals surface area contributed by atoms with Gasteiger partial charge in [0.2, 0.25) is 0 Å². The number of nitrogens with zero attached hydrogens (tertiary/aromatic N) is 1. The predicted octanol–water partition coefficient (Wildman–Crippen LogP) is 4.43. The molecule has 1 saturated carbocycles. The first-order valence-electron chi connectivity index (χ1n) is 11.8. The molecule has 4 heteroatoms. The number of methoxy groups -OCH3 is 1. The van der Waals surface area contributed by atoms with Crippen LogP contribution in [0.5, 0.6) is 0 Å². The number of carbonyl (C=O) groups is 1. The molecule has 3 heterocycles. The highest BCUT2D eigenvalue weighted by molar-refractivity contribution is 5.87. The molecule has 0 aromatic heterocycles. The average Bonchev–Trinajstić information content (AvgIpc) is 2.86. The number of rotatable bonds is 7. The van der Waals surface area contributed by atoms with Crippen LogP contribution in [0.2, 0.25) is 0 Å². The molecule has 5 atom stereocenters. The van der Waals surface area contributed by atoms with Gasteiger partial charge in [-0.2, -0.15) is 0 Å². The van der Waals surface area contributed by atoms with E-state index in [2.05, 4.69) is 48.3 Å². The fourth-order valence-electron chi connectivity index (χ4n) is 6.97. The van der Waals surface area contributed by atoms with E-state index in [-0.39, 0.29) is 12.0 Å². The Hall–Kier alpha value is -1.65. The van der Waals surface area contributed by atoms with Crippen LogP contribution in [-0.2, 0) is 9.53 Å². The van der Waals surface area contributed by atoms with Crippen molar-refractivity contribution in [2.24, 2.45) is 17.3 Å². The lowest BCUT2D eigenvalue weighted by Gasteiger charge is -2.59.